The van der Waals surface area contributed by atoms with Crippen LogP contribution < -0.4 is 16.0 Å². The standard InChI is InChI=1S/C11H17BrN4O/c12-9-10(16-13)14-7-15-11(9)17-6-8-4-2-1-3-5-8/h7-8H,1-6,13H2,(H,14,15,16). The van der Waals surface area contributed by atoms with Crippen LogP contribution in [0.2, 0.25) is 0 Å². The Morgan fingerprint density at radius 3 is 2.82 bits per heavy atom. The fourth-order valence-corrected chi connectivity index (χ4v) is 2.54. The number of ether oxygens (including phenoxy) is 1. The van der Waals surface area contributed by atoms with Crippen LogP contribution in [0.4, 0.5) is 5.82 Å². The zero-order chi connectivity index (χ0) is 12.1. The maximum Gasteiger partial charge on any atom is 0.233 e. The molecule has 94 valence electrons. The Kier molecular flexibility index (Phi) is 4.56. The summed E-state index contributed by atoms with van der Waals surface area (Å²) in [6.45, 7) is 0.722. The van der Waals surface area contributed by atoms with E-state index in [-0.39, 0.29) is 0 Å². The molecule has 0 bridgehead atoms. The van der Waals surface area contributed by atoms with Crippen molar-refractivity contribution in [1.82, 2.24) is 9.97 Å². The molecule has 0 amide bonds. The summed E-state index contributed by atoms with van der Waals surface area (Å²) in [5, 5.41) is 0. The van der Waals surface area contributed by atoms with Crippen molar-refractivity contribution in [2.45, 2.75) is 32.1 Å². The molecule has 0 aromatic carbocycles. The molecule has 1 aromatic rings. The molecule has 1 aliphatic rings. The summed E-state index contributed by atoms with van der Waals surface area (Å²) in [4.78, 5) is 8.07. The van der Waals surface area contributed by atoms with Gasteiger partial charge in [-0.1, -0.05) is 19.3 Å². The number of hydrazine groups is 1. The van der Waals surface area contributed by atoms with Gasteiger partial charge < -0.3 is 10.2 Å². The Morgan fingerprint density at radius 1 is 1.35 bits per heavy atom. The van der Waals surface area contributed by atoms with Gasteiger partial charge in [-0.3, -0.25) is 0 Å². The predicted molar refractivity (Wildman–Crippen MR) is 69.6 cm³/mol. The first-order chi connectivity index (χ1) is 8.31. The molecule has 1 fully saturated rings. The van der Waals surface area contributed by atoms with Gasteiger partial charge in [0.15, 0.2) is 5.82 Å². The molecule has 17 heavy (non-hydrogen) atoms. The minimum absolute atomic E-state index is 0.540. The van der Waals surface area contributed by atoms with E-state index in [0.29, 0.717) is 22.1 Å². The molecule has 3 N–H and O–H groups in total. The molecule has 0 saturated heterocycles. The molecule has 2 rings (SSSR count). The average molecular weight is 301 g/mol. The second kappa shape index (κ2) is 6.16. The number of nitrogens with zero attached hydrogens (tertiary/aromatic N) is 2. The topological polar surface area (TPSA) is 73.1 Å². The van der Waals surface area contributed by atoms with Crippen molar-refractivity contribution in [2.24, 2.45) is 11.8 Å². The molecule has 0 aliphatic heterocycles. The number of hydrogen-bond acceptors (Lipinski definition) is 5. The zero-order valence-electron chi connectivity index (χ0n) is 9.66. The first kappa shape index (κ1) is 12.6. The number of anilines is 1. The third kappa shape index (κ3) is 3.29. The number of hydrogen-bond donors (Lipinski definition) is 2. The van der Waals surface area contributed by atoms with Crippen LogP contribution >= 0.6 is 15.9 Å². The van der Waals surface area contributed by atoms with Gasteiger partial charge >= 0.3 is 0 Å². The summed E-state index contributed by atoms with van der Waals surface area (Å²) in [5.41, 5.74) is 2.50. The van der Waals surface area contributed by atoms with Crippen molar-refractivity contribution in [2.75, 3.05) is 12.0 Å². The fraction of sp³-hybridized carbons (Fsp3) is 0.636. The lowest BCUT2D eigenvalue weighted by atomic mass is 9.90. The second-order valence-electron chi connectivity index (χ2n) is 4.30. The minimum atomic E-state index is 0.540. The van der Waals surface area contributed by atoms with E-state index in [1.807, 2.05) is 0 Å². The van der Waals surface area contributed by atoms with E-state index in [1.165, 1.54) is 38.4 Å². The van der Waals surface area contributed by atoms with Gasteiger partial charge in [-0.25, -0.2) is 15.8 Å². The lowest BCUT2D eigenvalue weighted by molar-refractivity contribution is 0.201. The molecule has 5 nitrogen and oxygen atoms in total. The summed E-state index contributed by atoms with van der Waals surface area (Å²) in [7, 11) is 0. The molecule has 0 radical (unpaired) electrons. The summed E-state index contributed by atoms with van der Waals surface area (Å²) in [5.74, 6) is 7.08. The van der Waals surface area contributed by atoms with Gasteiger partial charge in [0.25, 0.3) is 0 Å². The largest absolute Gasteiger partial charge is 0.476 e. The molecule has 1 saturated carbocycles. The van der Waals surface area contributed by atoms with Gasteiger partial charge in [-0.15, -0.1) is 0 Å². The number of aromatic nitrogens is 2. The van der Waals surface area contributed by atoms with E-state index >= 15 is 0 Å². The van der Waals surface area contributed by atoms with Gasteiger partial charge in [-0.2, -0.15) is 0 Å². The third-order valence-electron chi connectivity index (χ3n) is 3.07. The smallest absolute Gasteiger partial charge is 0.233 e. The van der Waals surface area contributed by atoms with E-state index in [4.69, 9.17) is 10.6 Å². The van der Waals surface area contributed by atoms with Crippen LogP contribution in [0.1, 0.15) is 32.1 Å². The van der Waals surface area contributed by atoms with E-state index in [1.54, 1.807) is 0 Å². The lowest BCUT2D eigenvalue weighted by Crippen LogP contribution is -2.16. The second-order valence-corrected chi connectivity index (χ2v) is 5.09. The van der Waals surface area contributed by atoms with Crippen molar-refractivity contribution in [3.8, 4) is 5.88 Å². The van der Waals surface area contributed by atoms with Crippen molar-refractivity contribution < 1.29 is 4.74 Å². The van der Waals surface area contributed by atoms with Gasteiger partial charge in [0.05, 0.1) is 6.61 Å². The van der Waals surface area contributed by atoms with Crippen LogP contribution in [0.3, 0.4) is 0 Å². The van der Waals surface area contributed by atoms with Crippen LogP contribution in [-0.4, -0.2) is 16.6 Å². The highest BCUT2D eigenvalue weighted by Gasteiger charge is 2.16. The fourth-order valence-electron chi connectivity index (χ4n) is 2.11. The summed E-state index contributed by atoms with van der Waals surface area (Å²) in [6, 6.07) is 0. The minimum Gasteiger partial charge on any atom is -0.476 e. The number of halogens is 1. The predicted octanol–water partition coefficient (Wildman–Crippen LogP) is 2.48. The van der Waals surface area contributed by atoms with Crippen LogP contribution in [0.25, 0.3) is 0 Å². The Hall–Kier alpha value is -0.880. The third-order valence-corrected chi connectivity index (χ3v) is 3.79. The molecular weight excluding hydrogens is 284 g/mol. The van der Waals surface area contributed by atoms with Crippen LogP contribution in [0, 0.1) is 5.92 Å². The highest BCUT2D eigenvalue weighted by Crippen LogP contribution is 2.29. The van der Waals surface area contributed by atoms with Gasteiger partial charge in [0.2, 0.25) is 5.88 Å². The van der Waals surface area contributed by atoms with Crippen molar-refractivity contribution in [3.63, 3.8) is 0 Å². The zero-order valence-corrected chi connectivity index (χ0v) is 11.2. The first-order valence-corrected chi connectivity index (χ1v) is 6.70. The summed E-state index contributed by atoms with van der Waals surface area (Å²) >= 11 is 3.37. The van der Waals surface area contributed by atoms with Crippen LogP contribution in [0.15, 0.2) is 10.8 Å². The molecule has 0 atom stereocenters. The summed E-state index contributed by atoms with van der Waals surface area (Å²) < 4.78 is 6.40. The molecule has 1 aliphatic carbocycles. The number of rotatable bonds is 4. The van der Waals surface area contributed by atoms with Gasteiger partial charge in [-0.05, 0) is 34.7 Å². The lowest BCUT2D eigenvalue weighted by Gasteiger charge is -2.21. The van der Waals surface area contributed by atoms with E-state index in [0.717, 1.165) is 6.61 Å². The van der Waals surface area contributed by atoms with E-state index < -0.39 is 0 Å². The summed E-state index contributed by atoms with van der Waals surface area (Å²) in [6.07, 6.45) is 7.93. The highest BCUT2D eigenvalue weighted by molar-refractivity contribution is 9.10. The van der Waals surface area contributed by atoms with Crippen molar-refractivity contribution in [1.29, 1.82) is 0 Å². The SMILES string of the molecule is NNc1ncnc(OCC2CCCCC2)c1Br. The highest BCUT2D eigenvalue weighted by atomic mass is 79.9. The average Bonchev–Trinajstić information content (AvgIpc) is 2.39. The monoisotopic (exact) mass is 300 g/mol. The maximum absolute atomic E-state index is 5.73. The van der Waals surface area contributed by atoms with E-state index in [9.17, 15) is 0 Å². The normalized spacial score (nSPS) is 16.8. The van der Waals surface area contributed by atoms with Gasteiger partial charge in [0.1, 0.15) is 10.8 Å². The maximum atomic E-state index is 5.73. The first-order valence-electron chi connectivity index (χ1n) is 5.91. The molecular formula is C11H17BrN4O. The number of nitrogens with two attached hydrogens (primary N) is 1. The van der Waals surface area contributed by atoms with E-state index in [2.05, 4.69) is 31.3 Å². The Balaban J connectivity index is 1.93. The molecule has 0 spiro atoms. The van der Waals surface area contributed by atoms with Gasteiger partial charge in [0, 0.05) is 0 Å². The molecule has 1 aromatic heterocycles. The number of nitrogen functional groups attached to an aromatic ring is 1. The Morgan fingerprint density at radius 2 is 2.12 bits per heavy atom. The molecule has 1 heterocycles. The molecule has 0 unspecified atom stereocenters. The Labute approximate surface area is 109 Å². The quantitative estimate of drug-likeness (QED) is 0.660. The molecule has 6 heteroatoms. The van der Waals surface area contributed by atoms with Crippen LogP contribution in [0.5, 0.6) is 5.88 Å². The van der Waals surface area contributed by atoms with Crippen molar-refractivity contribution >= 4 is 21.7 Å². The Bertz CT molecular complexity index is 368. The van der Waals surface area contributed by atoms with Crippen molar-refractivity contribution in [3.05, 3.63) is 10.8 Å². The number of nitrogens with one attached hydrogen (secondary N) is 1. The van der Waals surface area contributed by atoms with Crippen LogP contribution in [-0.2, 0) is 0 Å².